The Morgan fingerprint density at radius 1 is 1.47 bits per heavy atom. The highest BCUT2D eigenvalue weighted by molar-refractivity contribution is 6.34. The molecule has 0 atom stereocenters. The van der Waals surface area contributed by atoms with Crippen LogP contribution in [0.25, 0.3) is 0 Å². The summed E-state index contributed by atoms with van der Waals surface area (Å²) in [6.07, 6.45) is 6.11. The molecule has 1 aliphatic carbocycles. The summed E-state index contributed by atoms with van der Waals surface area (Å²) in [6, 6.07) is 0. The van der Waals surface area contributed by atoms with Crippen LogP contribution in [-0.2, 0) is 11.3 Å². The molecule has 0 amide bonds. The van der Waals surface area contributed by atoms with Crippen LogP contribution in [0, 0.1) is 0 Å². The van der Waals surface area contributed by atoms with Crippen LogP contribution in [0.1, 0.15) is 56.4 Å². The van der Waals surface area contributed by atoms with E-state index >= 15 is 0 Å². The summed E-state index contributed by atoms with van der Waals surface area (Å²) in [5, 5.41) is 4.63. The van der Waals surface area contributed by atoms with Crippen molar-refractivity contribution in [3.63, 3.8) is 0 Å². The molecule has 1 aromatic heterocycles. The van der Waals surface area contributed by atoms with Gasteiger partial charge in [-0.2, -0.15) is 5.10 Å². The lowest BCUT2D eigenvalue weighted by Crippen LogP contribution is -2.40. The highest BCUT2D eigenvalue weighted by Crippen LogP contribution is 2.37. The minimum Gasteiger partial charge on any atom is -0.367 e. The maximum absolute atomic E-state index is 12.9. The van der Waals surface area contributed by atoms with E-state index in [2.05, 4.69) is 12.0 Å². The van der Waals surface area contributed by atoms with Gasteiger partial charge in [0.15, 0.2) is 0 Å². The molecule has 0 aromatic carbocycles. The van der Waals surface area contributed by atoms with Crippen molar-refractivity contribution >= 4 is 17.4 Å². The van der Waals surface area contributed by atoms with E-state index in [9.17, 15) is 4.79 Å². The fourth-order valence-corrected chi connectivity index (χ4v) is 3.07. The van der Waals surface area contributed by atoms with Gasteiger partial charge in [-0.25, -0.2) is 0 Å². The molecule has 106 valence electrons. The zero-order chi connectivity index (χ0) is 13.9. The number of carbonyl (C=O) groups is 1. The largest absolute Gasteiger partial charge is 0.367 e. The van der Waals surface area contributed by atoms with Gasteiger partial charge in [0.25, 0.3) is 0 Å². The van der Waals surface area contributed by atoms with E-state index in [-0.39, 0.29) is 5.78 Å². The Morgan fingerprint density at radius 2 is 2.16 bits per heavy atom. The molecule has 0 aliphatic heterocycles. The number of hydrogen-bond acceptors (Lipinski definition) is 3. The summed E-state index contributed by atoms with van der Waals surface area (Å²) >= 11 is 6.16. The number of carbonyl (C=O) groups excluding carboxylic acids is 1. The predicted octanol–water partition coefficient (Wildman–Crippen LogP) is 3.48. The van der Waals surface area contributed by atoms with Gasteiger partial charge < -0.3 is 4.74 Å². The van der Waals surface area contributed by atoms with Crippen LogP contribution in [0.2, 0.25) is 5.02 Å². The molecule has 0 unspecified atom stereocenters. The summed E-state index contributed by atoms with van der Waals surface area (Å²) in [5.41, 5.74) is -0.164. The smallest absolute Gasteiger partial charge is 0.214 e. The molecule has 1 fully saturated rings. The number of halogens is 1. The van der Waals surface area contributed by atoms with Gasteiger partial charge in [0.2, 0.25) is 5.78 Å². The number of rotatable bonds is 6. The van der Waals surface area contributed by atoms with E-state index in [0.29, 0.717) is 23.9 Å². The van der Waals surface area contributed by atoms with Crippen molar-refractivity contribution in [2.75, 3.05) is 6.61 Å². The third kappa shape index (κ3) is 2.70. The average molecular weight is 285 g/mol. The Kier molecular flexibility index (Phi) is 4.63. The minimum atomic E-state index is -0.677. The first-order chi connectivity index (χ1) is 9.14. The molecule has 1 aliphatic rings. The van der Waals surface area contributed by atoms with Crippen molar-refractivity contribution in [3.8, 4) is 0 Å². The number of aromatic nitrogens is 2. The Morgan fingerprint density at radius 3 is 2.74 bits per heavy atom. The molecule has 0 spiro atoms. The van der Waals surface area contributed by atoms with Gasteiger partial charge in [0, 0.05) is 13.2 Å². The van der Waals surface area contributed by atoms with Gasteiger partial charge in [-0.15, -0.1) is 0 Å². The third-order valence-electron chi connectivity index (χ3n) is 3.69. The summed E-state index contributed by atoms with van der Waals surface area (Å²) in [7, 11) is 0. The molecule has 1 saturated carbocycles. The molecule has 4 nitrogen and oxygen atoms in total. The van der Waals surface area contributed by atoms with Crippen LogP contribution in [-0.4, -0.2) is 27.8 Å². The van der Waals surface area contributed by atoms with Crippen LogP contribution >= 0.6 is 11.6 Å². The number of Topliss-reactive ketones (excluding diaryl/α,β-unsaturated/α-hetero) is 1. The molecule has 1 aromatic rings. The van der Waals surface area contributed by atoms with Crippen LogP contribution < -0.4 is 0 Å². The molecule has 0 bridgehead atoms. The monoisotopic (exact) mass is 284 g/mol. The molecular weight excluding hydrogens is 264 g/mol. The summed E-state index contributed by atoms with van der Waals surface area (Å²) < 4.78 is 7.53. The number of nitrogens with zero attached hydrogens (tertiary/aromatic N) is 2. The zero-order valence-electron chi connectivity index (χ0n) is 11.6. The molecule has 0 radical (unpaired) electrons. The molecule has 0 saturated heterocycles. The van der Waals surface area contributed by atoms with E-state index in [0.717, 1.165) is 32.1 Å². The van der Waals surface area contributed by atoms with Crippen molar-refractivity contribution in [1.82, 2.24) is 9.78 Å². The average Bonchev–Trinajstić information content (AvgIpc) is 2.98. The van der Waals surface area contributed by atoms with Crippen LogP contribution in [0.15, 0.2) is 6.20 Å². The lowest BCUT2D eigenvalue weighted by atomic mass is 9.93. The maximum atomic E-state index is 12.9. The first kappa shape index (κ1) is 14.5. The Hall–Kier alpha value is -0.870. The molecular formula is C14H21ClN2O2. The zero-order valence-corrected chi connectivity index (χ0v) is 12.4. The van der Waals surface area contributed by atoms with E-state index in [4.69, 9.17) is 16.3 Å². The highest BCUT2D eigenvalue weighted by atomic mass is 35.5. The van der Waals surface area contributed by atoms with Crippen molar-refractivity contribution in [1.29, 1.82) is 0 Å². The predicted molar refractivity (Wildman–Crippen MR) is 74.7 cm³/mol. The minimum absolute atomic E-state index is 0.00259. The Balaban J connectivity index is 2.34. The number of ketones is 1. The summed E-state index contributed by atoms with van der Waals surface area (Å²) in [6.45, 7) is 5.23. The van der Waals surface area contributed by atoms with E-state index in [1.54, 1.807) is 10.9 Å². The molecule has 19 heavy (non-hydrogen) atoms. The Labute approximate surface area is 119 Å². The van der Waals surface area contributed by atoms with Crippen LogP contribution in [0.4, 0.5) is 0 Å². The fraction of sp³-hybridized carbons (Fsp3) is 0.714. The van der Waals surface area contributed by atoms with E-state index in [1.807, 2.05) is 6.92 Å². The summed E-state index contributed by atoms with van der Waals surface area (Å²) in [4.78, 5) is 12.9. The Bertz CT molecular complexity index is 450. The quantitative estimate of drug-likeness (QED) is 0.751. The number of ether oxygens (including phenoxy) is 1. The van der Waals surface area contributed by atoms with Gasteiger partial charge in [0.05, 0.1) is 11.2 Å². The maximum Gasteiger partial charge on any atom is 0.214 e. The number of hydrogen-bond donors (Lipinski definition) is 0. The standard InChI is InChI=1S/C14H21ClN2O2/c1-3-9-17-12(11(15)10-16-17)13(18)14(19-4-2)7-5-6-8-14/h10H,3-9H2,1-2H3. The molecule has 2 rings (SSSR count). The van der Waals surface area contributed by atoms with E-state index < -0.39 is 5.60 Å². The molecule has 0 N–H and O–H groups in total. The van der Waals surface area contributed by atoms with Gasteiger partial charge in [0.1, 0.15) is 11.3 Å². The lowest BCUT2D eigenvalue weighted by molar-refractivity contribution is -0.0170. The van der Waals surface area contributed by atoms with Crippen molar-refractivity contribution in [2.24, 2.45) is 0 Å². The van der Waals surface area contributed by atoms with Gasteiger partial charge in [-0.1, -0.05) is 18.5 Å². The van der Waals surface area contributed by atoms with Crippen LogP contribution in [0.5, 0.6) is 0 Å². The van der Waals surface area contributed by atoms with E-state index in [1.165, 1.54) is 0 Å². The fourth-order valence-electron chi connectivity index (χ4n) is 2.84. The normalized spacial score (nSPS) is 17.8. The van der Waals surface area contributed by atoms with Crippen molar-refractivity contribution < 1.29 is 9.53 Å². The van der Waals surface area contributed by atoms with Crippen molar-refractivity contribution in [2.45, 2.75) is 58.1 Å². The topological polar surface area (TPSA) is 44.1 Å². The second-order valence-corrected chi connectivity index (χ2v) is 5.43. The first-order valence-electron chi connectivity index (χ1n) is 7.04. The van der Waals surface area contributed by atoms with Gasteiger partial charge in [-0.05, 0) is 39.0 Å². The van der Waals surface area contributed by atoms with Crippen LogP contribution in [0.3, 0.4) is 0 Å². The van der Waals surface area contributed by atoms with Gasteiger partial charge in [-0.3, -0.25) is 9.48 Å². The van der Waals surface area contributed by atoms with Gasteiger partial charge >= 0.3 is 0 Å². The third-order valence-corrected chi connectivity index (χ3v) is 3.97. The SMILES string of the molecule is CCCn1ncc(Cl)c1C(=O)C1(OCC)CCCC1. The van der Waals surface area contributed by atoms with Crippen molar-refractivity contribution in [3.05, 3.63) is 16.9 Å². The first-order valence-corrected chi connectivity index (χ1v) is 7.42. The molecule has 5 heteroatoms. The molecule has 1 heterocycles. The lowest BCUT2D eigenvalue weighted by Gasteiger charge is -2.27. The summed E-state index contributed by atoms with van der Waals surface area (Å²) in [5.74, 6) is 0.00259. The highest BCUT2D eigenvalue weighted by Gasteiger charge is 2.44. The second kappa shape index (κ2) is 6.06. The second-order valence-electron chi connectivity index (χ2n) is 5.03. The number of aryl methyl sites for hydroxylation is 1.